The Morgan fingerprint density at radius 1 is 0.892 bits per heavy atom. The highest BCUT2D eigenvalue weighted by Gasteiger charge is 2.31. The van der Waals surface area contributed by atoms with Crippen molar-refractivity contribution in [3.05, 3.63) is 97.2 Å². The highest BCUT2D eigenvalue weighted by Crippen LogP contribution is 2.19. The average molecular weight is 504 g/mol. The number of benzene rings is 2. The fourth-order valence-electron chi connectivity index (χ4n) is 4.95. The molecule has 2 heterocycles. The van der Waals surface area contributed by atoms with Gasteiger partial charge in [-0.1, -0.05) is 55.0 Å². The third-order valence-electron chi connectivity index (χ3n) is 7.21. The van der Waals surface area contributed by atoms with Crippen molar-refractivity contribution in [2.45, 2.75) is 52.2 Å². The molecule has 0 bridgehead atoms. The normalized spacial score (nSPS) is 16.0. The number of nitrogens with two attached hydrogens (primary N) is 2. The van der Waals surface area contributed by atoms with Crippen molar-refractivity contribution in [2.24, 2.45) is 5.73 Å². The Labute approximate surface area is 215 Å². The maximum atomic E-state index is 13.6. The number of amides is 1. The summed E-state index contributed by atoms with van der Waals surface area (Å²) in [4.78, 5) is 54.5. The van der Waals surface area contributed by atoms with Crippen molar-refractivity contribution >= 4 is 17.5 Å². The van der Waals surface area contributed by atoms with E-state index in [2.05, 4.69) is 0 Å². The third kappa shape index (κ3) is 5.41. The Morgan fingerprint density at radius 2 is 1.46 bits per heavy atom. The molecule has 194 valence electrons. The summed E-state index contributed by atoms with van der Waals surface area (Å²) in [5.41, 5.74) is 13.9. The second-order valence-corrected chi connectivity index (χ2v) is 9.68. The van der Waals surface area contributed by atoms with E-state index in [0.29, 0.717) is 13.0 Å². The number of hydrogen-bond donors (Lipinski definition) is 2. The molecule has 0 saturated carbocycles. The number of piperidine rings is 1. The molecule has 1 fully saturated rings. The average Bonchev–Trinajstić information content (AvgIpc) is 2.86. The molecule has 1 amide bonds. The van der Waals surface area contributed by atoms with Gasteiger partial charge in [-0.25, -0.2) is 4.79 Å². The van der Waals surface area contributed by atoms with Gasteiger partial charge in [0.25, 0.3) is 5.56 Å². The summed E-state index contributed by atoms with van der Waals surface area (Å²) in [5, 5.41) is 0. The maximum absolute atomic E-state index is 13.6. The quantitative estimate of drug-likeness (QED) is 0.451. The van der Waals surface area contributed by atoms with Crippen LogP contribution in [-0.4, -0.2) is 44.9 Å². The Balaban J connectivity index is 1.83. The number of aryl methyl sites for hydroxylation is 2. The number of hydrogen-bond acceptors (Lipinski definition) is 6. The Hall–Kier alpha value is -3.98. The summed E-state index contributed by atoms with van der Waals surface area (Å²) >= 11 is 0. The molecule has 1 saturated heterocycles. The maximum Gasteiger partial charge on any atom is 0.333 e. The molecule has 9 heteroatoms. The van der Waals surface area contributed by atoms with Crippen molar-refractivity contribution in [1.29, 1.82) is 0 Å². The van der Waals surface area contributed by atoms with Crippen LogP contribution in [0.15, 0.2) is 58.1 Å². The Bertz CT molecular complexity index is 1460. The van der Waals surface area contributed by atoms with Crippen LogP contribution < -0.4 is 22.7 Å². The fraction of sp³-hybridized carbons (Fsp3) is 0.357. The van der Waals surface area contributed by atoms with Gasteiger partial charge >= 0.3 is 5.69 Å². The molecular formula is C28H33N5O4. The van der Waals surface area contributed by atoms with E-state index in [1.54, 1.807) is 4.90 Å². The fourth-order valence-corrected chi connectivity index (χ4v) is 4.95. The zero-order valence-electron chi connectivity index (χ0n) is 21.3. The number of nitrogens with zero attached hydrogens (tertiary/aromatic N) is 3. The van der Waals surface area contributed by atoms with Crippen LogP contribution in [0.5, 0.6) is 0 Å². The van der Waals surface area contributed by atoms with Crippen molar-refractivity contribution in [3.63, 3.8) is 0 Å². The minimum Gasteiger partial charge on any atom is -0.384 e. The van der Waals surface area contributed by atoms with Crippen molar-refractivity contribution in [3.8, 4) is 0 Å². The van der Waals surface area contributed by atoms with Crippen LogP contribution in [0.4, 0.5) is 5.82 Å². The standard InChI is InChI=1S/C28H33N5O4/c1-18-9-3-5-11-20(18)15-32-25(29)24(23(34)17-31-14-8-7-13-22(31)26(30)35)27(36)33(28(32)37)16-21-12-6-4-10-19(21)2/h3-6,9-12,22H,7-8,13-17,29H2,1-2H3,(H2,30,35). The molecule has 0 spiro atoms. The Morgan fingerprint density at radius 3 is 2.03 bits per heavy atom. The number of carbonyl (C=O) groups excluding carboxylic acids is 2. The van der Waals surface area contributed by atoms with E-state index in [1.165, 1.54) is 4.57 Å². The summed E-state index contributed by atoms with van der Waals surface area (Å²) < 4.78 is 2.36. The molecule has 1 atom stereocenters. The van der Waals surface area contributed by atoms with Crippen LogP contribution in [0.1, 0.15) is 51.9 Å². The van der Waals surface area contributed by atoms with Crippen molar-refractivity contribution < 1.29 is 9.59 Å². The van der Waals surface area contributed by atoms with Gasteiger partial charge in [-0.05, 0) is 55.5 Å². The van der Waals surface area contributed by atoms with Gasteiger partial charge in [-0.3, -0.25) is 28.4 Å². The van der Waals surface area contributed by atoms with E-state index >= 15 is 0 Å². The SMILES string of the molecule is Cc1ccccc1Cn1c(N)c(C(=O)CN2CCCCC2C(N)=O)c(=O)n(Cc2ccccc2C)c1=O. The molecular weight excluding hydrogens is 470 g/mol. The topological polar surface area (TPSA) is 133 Å². The molecule has 0 radical (unpaired) electrons. The summed E-state index contributed by atoms with van der Waals surface area (Å²) in [6.07, 6.45) is 2.21. The first kappa shape index (κ1) is 26.1. The lowest BCUT2D eigenvalue weighted by Crippen LogP contribution is -2.51. The highest BCUT2D eigenvalue weighted by atomic mass is 16.2. The predicted molar refractivity (Wildman–Crippen MR) is 143 cm³/mol. The Kier molecular flexibility index (Phi) is 7.73. The monoisotopic (exact) mass is 503 g/mol. The molecule has 9 nitrogen and oxygen atoms in total. The van der Waals surface area contributed by atoms with Crippen molar-refractivity contribution in [1.82, 2.24) is 14.0 Å². The summed E-state index contributed by atoms with van der Waals surface area (Å²) in [6.45, 7) is 4.27. The van der Waals surface area contributed by atoms with Gasteiger partial charge in [-0.15, -0.1) is 0 Å². The summed E-state index contributed by atoms with van der Waals surface area (Å²) in [6, 6.07) is 14.4. The molecule has 0 aliphatic carbocycles. The highest BCUT2D eigenvalue weighted by molar-refractivity contribution is 6.01. The number of carbonyl (C=O) groups is 2. The number of likely N-dealkylation sites (tertiary alicyclic amines) is 1. The predicted octanol–water partition coefficient (Wildman–Crippen LogP) is 1.83. The van der Waals surface area contributed by atoms with E-state index in [9.17, 15) is 19.2 Å². The molecule has 1 aliphatic heterocycles. The van der Waals surface area contributed by atoms with Gasteiger partial charge in [0.05, 0.1) is 25.7 Å². The van der Waals surface area contributed by atoms with Crippen LogP contribution in [0.3, 0.4) is 0 Å². The van der Waals surface area contributed by atoms with Gasteiger partial charge < -0.3 is 11.5 Å². The van der Waals surface area contributed by atoms with Gasteiger partial charge in [0.15, 0.2) is 5.78 Å². The lowest BCUT2D eigenvalue weighted by Gasteiger charge is -2.33. The van der Waals surface area contributed by atoms with E-state index in [-0.39, 0.29) is 31.0 Å². The number of primary amides is 1. The first-order valence-corrected chi connectivity index (χ1v) is 12.5. The van der Waals surface area contributed by atoms with Gasteiger partial charge in [-0.2, -0.15) is 0 Å². The molecule has 3 aromatic rings. The number of nitrogen functional groups attached to an aromatic ring is 1. The minimum absolute atomic E-state index is 0.00625. The second-order valence-electron chi connectivity index (χ2n) is 9.68. The van der Waals surface area contributed by atoms with Gasteiger partial charge in [0, 0.05) is 0 Å². The molecule has 1 aliphatic rings. The van der Waals surface area contributed by atoms with Gasteiger partial charge in [0.2, 0.25) is 5.91 Å². The number of ketones is 1. The third-order valence-corrected chi connectivity index (χ3v) is 7.21. The van der Waals surface area contributed by atoms with E-state index < -0.39 is 29.0 Å². The molecule has 1 aromatic heterocycles. The lowest BCUT2D eigenvalue weighted by molar-refractivity contribution is -0.124. The van der Waals surface area contributed by atoms with Crippen LogP contribution in [0.25, 0.3) is 0 Å². The van der Waals surface area contributed by atoms with E-state index in [1.807, 2.05) is 62.4 Å². The summed E-state index contributed by atoms with van der Waals surface area (Å²) in [5.74, 6) is -1.20. The van der Waals surface area contributed by atoms with Crippen LogP contribution >= 0.6 is 0 Å². The first-order chi connectivity index (χ1) is 17.7. The lowest BCUT2D eigenvalue weighted by atomic mass is 10.0. The molecule has 1 unspecified atom stereocenters. The zero-order valence-corrected chi connectivity index (χ0v) is 21.3. The number of aromatic nitrogens is 2. The van der Waals surface area contributed by atoms with E-state index in [0.717, 1.165) is 39.7 Å². The first-order valence-electron chi connectivity index (χ1n) is 12.5. The van der Waals surface area contributed by atoms with Gasteiger partial charge in [0.1, 0.15) is 11.4 Å². The number of rotatable bonds is 8. The van der Waals surface area contributed by atoms with Crippen LogP contribution in [-0.2, 0) is 17.9 Å². The zero-order chi connectivity index (χ0) is 26.7. The second kappa shape index (κ2) is 11.0. The molecule has 4 N–H and O–H groups in total. The van der Waals surface area contributed by atoms with E-state index in [4.69, 9.17) is 11.5 Å². The molecule has 2 aromatic carbocycles. The van der Waals surface area contributed by atoms with Crippen molar-refractivity contribution in [2.75, 3.05) is 18.8 Å². The molecule has 4 rings (SSSR count). The molecule has 37 heavy (non-hydrogen) atoms. The number of anilines is 1. The van der Waals surface area contributed by atoms with Crippen LogP contribution in [0.2, 0.25) is 0 Å². The van der Waals surface area contributed by atoms with Crippen LogP contribution in [0, 0.1) is 13.8 Å². The summed E-state index contributed by atoms with van der Waals surface area (Å²) in [7, 11) is 0. The minimum atomic E-state index is -0.732. The smallest absolute Gasteiger partial charge is 0.333 e. The largest absolute Gasteiger partial charge is 0.384 e. The number of Topliss-reactive ketones (excluding diaryl/α,β-unsaturated/α-hetero) is 1.